The van der Waals surface area contributed by atoms with Gasteiger partial charge in [-0.25, -0.2) is 19.6 Å². The maximum Gasteiger partial charge on any atom is 0.0946 e. The van der Waals surface area contributed by atoms with Crippen LogP contribution in [0.2, 0.25) is 0 Å². The molecule has 0 rings (SSSR count). The number of aliphatic hydroxyl groups excluding tert-OH is 4. The Kier molecular flexibility index (Phi) is 47.9. The van der Waals surface area contributed by atoms with Crippen molar-refractivity contribution in [2.24, 2.45) is 0 Å². The van der Waals surface area contributed by atoms with Gasteiger partial charge in [0.1, 0.15) is 0 Å². The van der Waals surface area contributed by atoms with Crippen LogP contribution in [-0.4, -0.2) is 358 Å². The molecule has 0 aliphatic rings. The van der Waals surface area contributed by atoms with Crippen molar-refractivity contribution in [3.63, 3.8) is 0 Å². The predicted molar refractivity (Wildman–Crippen MR) is 250 cm³/mol. The summed E-state index contributed by atoms with van der Waals surface area (Å²) in [5.41, 5.74) is 0. The maximum atomic E-state index is 9.20. The van der Waals surface area contributed by atoms with Crippen LogP contribution in [0, 0.1) is 0 Å². The molecule has 0 aliphatic carbocycles. The maximum absolute atomic E-state index is 9.20. The normalized spacial score (nSPS) is 12.6. The Morgan fingerprint density at radius 2 is 0.493 bits per heavy atom. The summed E-state index contributed by atoms with van der Waals surface area (Å²) in [5.74, 6) is 0. The van der Waals surface area contributed by atoms with Crippen molar-refractivity contribution in [1.29, 1.82) is 0 Å². The molecule has 0 spiro atoms. The lowest BCUT2D eigenvalue weighted by Gasteiger charge is -2.36. The molecule has 0 aliphatic heterocycles. The van der Waals surface area contributed by atoms with Gasteiger partial charge >= 0.3 is 0 Å². The largest absolute Gasteiger partial charge is 0.394 e. The third kappa shape index (κ3) is 41.3. The monoisotopic (exact) mass is 983 g/mol. The van der Waals surface area contributed by atoms with Crippen molar-refractivity contribution in [3.05, 3.63) is 0 Å². The fourth-order valence-corrected chi connectivity index (χ4v) is 7.03. The fourth-order valence-electron chi connectivity index (χ4n) is 7.03. The van der Waals surface area contributed by atoms with Crippen molar-refractivity contribution in [2.75, 3.05) is 265 Å². The van der Waals surface area contributed by atoms with Gasteiger partial charge in [0.05, 0.1) is 118 Å². The SMILES string of the molecule is CN(CCN(CCOO)CCOO)CC(CN(C)CCN(CCOO)CCOO)OC(CN(C)CCN(CCOCCO)CCOCCO)CN(C)CCN(CCOCCO)CCOCCO. The molecule has 8 N–H and O–H groups in total. The Balaban J connectivity index is 6.44. The van der Waals surface area contributed by atoms with Gasteiger partial charge in [0.2, 0.25) is 0 Å². The van der Waals surface area contributed by atoms with Gasteiger partial charge in [-0.05, 0) is 28.2 Å². The lowest BCUT2D eigenvalue weighted by molar-refractivity contribution is -0.251. The van der Waals surface area contributed by atoms with Crippen LogP contribution in [0.1, 0.15) is 0 Å². The molecule has 0 atom stereocenters. The zero-order valence-electron chi connectivity index (χ0n) is 41.4. The van der Waals surface area contributed by atoms with Gasteiger partial charge in [0.15, 0.2) is 0 Å². The highest BCUT2D eigenvalue weighted by molar-refractivity contribution is 4.77. The molecule has 0 amide bonds. The third-order valence-corrected chi connectivity index (χ3v) is 10.8. The Hall–Kier alpha value is -1.00. The van der Waals surface area contributed by atoms with Crippen LogP contribution in [0.5, 0.6) is 0 Å². The Morgan fingerprint density at radius 3 is 0.687 bits per heavy atom. The van der Waals surface area contributed by atoms with Crippen LogP contribution in [-0.2, 0) is 43.2 Å². The molecular weight excluding hydrogens is 889 g/mol. The van der Waals surface area contributed by atoms with Crippen molar-refractivity contribution < 1.29 is 84.7 Å². The van der Waals surface area contributed by atoms with E-state index in [0.29, 0.717) is 131 Å². The molecule has 0 bridgehead atoms. The van der Waals surface area contributed by atoms with Gasteiger partial charge in [0.25, 0.3) is 0 Å². The van der Waals surface area contributed by atoms with Gasteiger partial charge in [-0.15, -0.1) is 0 Å². The number of ether oxygens (including phenoxy) is 5. The highest BCUT2D eigenvalue weighted by Crippen LogP contribution is 2.09. The van der Waals surface area contributed by atoms with Gasteiger partial charge in [-0.1, -0.05) is 0 Å². The lowest BCUT2D eigenvalue weighted by Crippen LogP contribution is -2.49. The lowest BCUT2D eigenvalue weighted by atomic mass is 10.2. The van der Waals surface area contributed by atoms with Crippen molar-refractivity contribution in [3.8, 4) is 0 Å². The van der Waals surface area contributed by atoms with E-state index in [9.17, 15) is 20.4 Å². The Labute approximate surface area is 400 Å². The van der Waals surface area contributed by atoms with Crippen molar-refractivity contribution >= 4 is 0 Å². The van der Waals surface area contributed by atoms with E-state index >= 15 is 0 Å². The first-order valence-corrected chi connectivity index (χ1v) is 23.7. The number of aliphatic hydroxyl groups is 4. The van der Waals surface area contributed by atoms with E-state index in [2.05, 4.69) is 63.0 Å². The molecule has 0 aromatic carbocycles. The fraction of sp³-hybridized carbons (Fsp3) is 1.00. The first-order valence-electron chi connectivity index (χ1n) is 23.7. The van der Waals surface area contributed by atoms with Crippen molar-refractivity contribution in [1.82, 2.24) is 39.2 Å². The van der Waals surface area contributed by atoms with Crippen LogP contribution in [0.15, 0.2) is 0 Å². The Bertz CT molecular complexity index is 909. The molecule has 25 heteroatoms. The van der Waals surface area contributed by atoms with Gasteiger partial charge in [-0.2, -0.15) is 0 Å². The van der Waals surface area contributed by atoms with Crippen molar-refractivity contribution in [2.45, 2.75) is 12.2 Å². The second-order valence-electron chi connectivity index (χ2n) is 16.5. The minimum Gasteiger partial charge on any atom is -0.394 e. The van der Waals surface area contributed by atoms with Gasteiger partial charge < -0.3 is 63.7 Å². The zero-order valence-corrected chi connectivity index (χ0v) is 41.4. The molecule has 0 saturated heterocycles. The topological polar surface area (TPSA) is 271 Å². The quantitative estimate of drug-likeness (QED) is 0.0168. The average Bonchev–Trinajstić information content (AvgIpc) is 3.31. The molecule has 0 saturated carbocycles. The summed E-state index contributed by atoms with van der Waals surface area (Å²) in [6.07, 6.45) is -0.482. The van der Waals surface area contributed by atoms with E-state index in [4.69, 9.17) is 44.7 Å². The summed E-state index contributed by atoms with van der Waals surface area (Å²) in [6.45, 7) is 15.4. The summed E-state index contributed by atoms with van der Waals surface area (Å²) in [4.78, 5) is 34.8. The van der Waals surface area contributed by atoms with Gasteiger partial charge in [0, 0.05) is 131 Å². The average molecular weight is 983 g/mol. The number of hydrogen-bond donors (Lipinski definition) is 8. The minimum atomic E-state index is -0.250. The Morgan fingerprint density at radius 1 is 0.284 bits per heavy atom. The number of nitrogens with zero attached hydrogens (tertiary/aromatic N) is 8. The van der Waals surface area contributed by atoms with E-state index < -0.39 is 0 Å². The number of likely N-dealkylation sites (N-methyl/N-ethyl adjacent to an activating group) is 4. The summed E-state index contributed by atoms with van der Waals surface area (Å²) in [5, 5.41) is 72.7. The summed E-state index contributed by atoms with van der Waals surface area (Å²) >= 11 is 0. The molecule has 0 heterocycles. The molecular formula is C42H94N8O17. The molecule has 67 heavy (non-hydrogen) atoms. The minimum absolute atomic E-state index is 0.0437. The molecule has 0 aromatic heterocycles. The van der Waals surface area contributed by atoms with E-state index in [-0.39, 0.29) is 91.5 Å². The summed E-state index contributed by atoms with van der Waals surface area (Å²) < 4.78 is 29.5. The van der Waals surface area contributed by atoms with E-state index in [1.54, 1.807) is 0 Å². The highest BCUT2D eigenvalue weighted by Gasteiger charge is 2.24. The van der Waals surface area contributed by atoms with E-state index in [0.717, 1.165) is 26.2 Å². The van der Waals surface area contributed by atoms with Crippen LogP contribution in [0.4, 0.5) is 0 Å². The number of rotatable bonds is 54. The summed E-state index contributed by atoms with van der Waals surface area (Å²) in [6, 6.07) is 0. The molecule has 25 nitrogen and oxygen atoms in total. The zero-order chi connectivity index (χ0) is 49.6. The number of hydrogen-bond acceptors (Lipinski definition) is 25. The van der Waals surface area contributed by atoms with Crippen LogP contribution < -0.4 is 0 Å². The summed E-state index contributed by atoms with van der Waals surface area (Å²) in [7, 11) is 8.22. The van der Waals surface area contributed by atoms with E-state index in [1.165, 1.54) is 0 Å². The first-order chi connectivity index (χ1) is 32.6. The highest BCUT2D eigenvalue weighted by atomic mass is 17.1. The third-order valence-electron chi connectivity index (χ3n) is 10.8. The second-order valence-corrected chi connectivity index (χ2v) is 16.5. The smallest absolute Gasteiger partial charge is 0.0946 e. The molecule has 0 unspecified atom stereocenters. The van der Waals surface area contributed by atoms with Crippen LogP contribution in [0.3, 0.4) is 0 Å². The van der Waals surface area contributed by atoms with E-state index in [1.807, 2.05) is 23.9 Å². The predicted octanol–water partition coefficient (Wildman–Crippen LogP) is -3.33. The van der Waals surface area contributed by atoms with Crippen LogP contribution >= 0.6 is 0 Å². The first kappa shape index (κ1) is 66.0. The molecule has 0 radical (unpaired) electrons. The molecule has 404 valence electrons. The standard InChI is InChI=1S/C42H94N8O17/c1-43(5-9-47(13-25-59-33-21-51)14-26-60-34-22-52)37-41(38-44(2)6-10-48(15-27-61-35-23-53)16-28-62-36-24-54)67-42(39-45(3)7-11-49(17-29-63-55)18-30-64-56)40-46(4)8-12-50(19-31-65-57)20-32-66-58/h41-42,51-58H,5-40H2,1-4H3. The molecule has 0 fully saturated rings. The van der Waals surface area contributed by atoms with Crippen LogP contribution in [0.25, 0.3) is 0 Å². The van der Waals surface area contributed by atoms with Gasteiger partial charge in [-0.3, -0.25) is 40.6 Å². The molecule has 0 aromatic rings. The second kappa shape index (κ2) is 48.6.